The van der Waals surface area contributed by atoms with E-state index < -0.39 is 114 Å². The summed E-state index contributed by atoms with van der Waals surface area (Å²) in [4.78, 5) is 113. The van der Waals surface area contributed by atoms with Crippen LogP contribution in [0.3, 0.4) is 0 Å². The number of carbonyl (C=O) groups is 9. The average Bonchev–Trinajstić information content (AvgIpc) is 3.48. The molecule has 19 heteroatoms. The van der Waals surface area contributed by atoms with E-state index in [1.807, 2.05) is 0 Å². The van der Waals surface area contributed by atoms with Gasteiger partial charge in [-0.3, -0.25) is 38.4 Å². The van der Waals surface area contributed by atoms with Crippen molar-refractivity contribution in [1.29, 1.82) is 0 Å². The number of carboxylic acids is 3. The van der Waals surface area contributed by atoms with Crippen LogP contribution in [-0.2, 0) is 43.2 Å². The number of hydrogen-bond donors (Lipinski definition) is 9. The summed E-state index contributed by atoms with van der Waals surface area (Å²) in [6.45, 7) is 7.82. The van der Waals surface area contributed by atoms with Gasteiger partial charge in [0.05, 0.1) is 12.8 Å². The monoisotopic (exact) mass is 702 g/mol. The van der Waals surface area contributed by atoms with Gasteiger partial charge in [-0.25, -0.2) is 4.79 Å². The predicted molar refractivity (Wildman–Crippen MR) is 170 cm³/mol. The first-order chi connectivity index (χ1) is 22.3. The van der Waals surface area contributed by atoms with E-state index in [1.165, 1.54) is 4.90 Å². The number of likely N-dealkylation sites (tertiary alicyclic amines) is 1. The Morgan fingerprint density at radius 2 is 1.27 bits per heavy atom. The lowest BCUT2D eigenvalue weighted by Crippen LogP contribution is -2.61. The van der Waals surface area contributed by atoms with E-state index in [9.17, 15) is 53.4 Å². The summed E-state index contributed by atoms with van der Waals surface area (Å²) in [7, 11) is 0. The van der Waals surface area contributed by atoms with Crippen LogP contribution in [0, 0.1) is 11.8 Å². The number of nitrogens with one attached hydrogen (secondary N) is 5. The van der Waals surface area contributed by atoms with Gasteiger partial charge < -0.3 is 46.8 Å². The fraction of sp³-hybridized carbons (Fsp3) is 0.690. The molecular weight excluding hydrogens is 656 g/mol. The van der Waals surface area contributed by atoms with Gasteiger partial charge in [-0.05, 0) is 24.7 Å². The summed E-state index contributed by atoms with van der Waals surface area (Å²) in [5, 5.41) is 39.5. The van der Waals surface area contributed by atoms with Gasteiger partial charge in [0.2, 0.25) is 35.4 Å². The molecule has 0 aliphatic carbocycles. The molecule has 0 spiro atoms. The fourth-order valence-electron chi connectivity index (χ4n) is 4.93. The molecular formula is C29H46N6O12S. The molecule has 0 aromatic carbocycles. The van der Waals surface area contributed by atoms with Crippen molar-refractivity contribution in [2.24, 2.45) is 11.8 Å². The van der Waals surface area contributed by atoms with Crippen molar-refractivity contribution in [1.82, 2.24) is 31.5 Å². The second-order valence-electron chi connectivity index (χ2n) is 11.9. The Bertz CT molecular complexity index is 1230. The number of nitrogens with zero attached hydrogens (tertiary/aromatic N) is 1. The Morgan fingerprint density at radius 1 is 0.750 bits per heavy atom. The van der Waals surface area contributed by atoms with E-state index in [4.69, 9.17) is 5.11 Å². The first-order valence-electron chi connectivity index (χ1n) is 15.4. The fourth-order valence-corrected chi connectivity index (χ4v) is 5.18. The van der Waals surface area contributed by atoms with Gasteiger partial charge in [-0.1, -0.05) is 34.1 Å². The van der Waals surface area contributed by atoms with Crippen LogP contribution in [0.4, 0.5) is 0 Å². The van der Waals surface area contributed by atoms with Crippen molar-refractivity contribution in [2.45, 2.75) is 103 Å². The number of amides is 6. The molecule has 1 saturated heterocycles. The van der Waals surface area contributed by atoms with Crippen LogP contribution < -0.4 is 26.6 Å². The second kappa shape index (κ2) is 19.4. The summed E-state index contributed by atoms with van der Waals surface area (Å²) in [6, 6.07) is -8.19. The molecule has 1 rings (SSSR count). The number of rotatable bonds is 19. The number of hydrogen-bond acceptors (Lipinski definition) is 10. The van der Waals surface area contributed by atoms with Gasteiger partial charge in [0.1, 0.15) is 36.3 Å². The minimum Gasteiger partial charge on any atom is -0.481 e. The van der Waals surface area contributed by atoms with E-state index in [-0.39, 0.29) is 18.7 Å². The molecule has 1 fully saturated rings. The van der Waals surface area contributed by atoms with Crippen molar-refractivity contribution in [2.75, 3.05) is 12.3 Å². The highest BCUT2D eigenvalue weighted by atomic mass is 32.1. The number of aliphatic carboxylic acids is 3. The zero-order valence-corrected chi connectivity index (χ0v) is 28.4. The molecule has 0 unspecified atom stereocenters. The third-order valence-corrected chi connectivity index (χ3v) is 8.11. The highest BCUT2D eigenvalue weighted by Gasteiger charge is 2.41. The molecule has 1 aliphatic rings. The molecule has 0 saturated carbocycles. The Morgan fingerprint density at radius 3 is 1.73 bits per heavy atom. The first-order valence-corrected chi connectivity index (χ1v) is 16.0. The number of thiol groups is 1. The van der Waals surface area contributed by atoms with Gasteiger partial charge in [0.25, 0.3) is 0 Å². The largest absolute Gasteiger partial charge is 0.481 e. The maximum Gasteiger partial charge on any atom is 0.327 e. The Kier molecular flexibility index (Phi) is 16.8. The van der Waals surface area contributed by atoms with E-state index in [2.05, 4.69) is 39.2 Å². The van der Waals surface area contributed by atoms with Crippen LogP contribution in [0.1, 0.15) is 66.7 Å². The normalized spacial score (nSPS) is 17.9. The topological polar surface area (TPSA) is 278 Å². The predicted octanol–water partition coefficient (Wildman–Crippen LogP) is -1.91. The van der Waals surface area contributed by atoms with Crippen LogP contribution in [0.5, 0.6) is 0 Å². The van der Waals surface area contributed by atoms with Gasteiger partial charge in [0.15, 0.2) is 0 Å². The molecule has 48 heavy (non-hydrogen) atoms. The summed E-state index contributed by atoms with van der Waals surface area (Å²) >= 11 is 3.94. The molecule has 0 aromatic heterocycles. The quantitative estimate of drug-likeness (QED) is 0.0667. The molecule has 0 bridgehead atoms. The first kappa shape index (κ1) is 41.6. The lowest BCUT2D eigenvalue weighted by molar-refractivity contribution is -0.145. The van der Waals surface area contributed by atoms with Crippen LogP contribution >= 0.6 is 12.6 Å². The third-order valence-electron chi connectivity index (χ3n) is 7.74. The number of carboxylic acid groups (broad SMARTS) is 3. The Hall–Kier alpha value is -4.42. The lowest BCUT2D eigenvalue weighted by Gasteiger charge is -2.33. The smallest absolute Gasteiger partial charge is 0.327 e. The lowest BCUT2D eigenvalue weighted by atomic mass is 9.95. The molecule has 6 amide bonds. The van der Waals surface area contributed by atoms with Crippen LogP contribution in [-0.4, -0.2) is 122 Å². The summed E-state index contributed by atoms with van der Waals surface area (Å²) in [5.41, 5.74) is 0. The summed E-state index contributed by atoms with van der Waals surface area (Å²) in [5.74, 6) is -10.6. The van der Waals surface area contributed by atoms with Crippen LogP contribution in [0.25, 0.3) is 0 Å². The maximum atomic E-state index is 13.7. The van der Waals surface area contributed by atoms with Crippen molar-refractivity contribution in [3.8, 4) is 0 Å². The minimum absolute atomic E-state index is 0.165. The van der Waals surface area contributed by atoms with Crippen molar-refractivity contribution in [3.63, 3.8) is 0 Å². The van der Waals surface area contributed by atoms with Crippen molar-refractivity contribution >= 4 is 66.0 Å². The van der Waals surface area contributed by atoms with E-state index in [1.54, 1.807) is 27.7 Å². The third kappa shape index (κ3) is 12.6. The zero-order valence-electron chi connectivity index (χ0n) is 27.5. The van der Waals surface area contributed by atoms with Crippen molar-refractivity contribution in [3.05, 3.63) is 0 Å². The molecule has 8 N–H and O–H groups in total. The van der Waals surface area contributed by atoms with Gasteiger partial charge >= 0.3 is 17.9 Å². The summed E-state index contributed by atoms with van der Waals surface area (Å²) < 4.78 is 0. The van der Waals surface area contributed by atoms with Gasteiger partial charge in [0, 0.05) is 19.2 Å². The SMILES string of the molecule is CC[C@H](C)[C@H](NC(=O)[C@@H](CC(=O)O)NC(=O)[C@H](CC(=O)O)NC(C)=O)C(=O)N[C@H](C(=O)N1CCC[C@@H]1C(=O)N[C@@H](CS)C(=O)O)C(C)C. The van der Waals surface area contributed by atoms with Gasteiger partial charge in [-0.2, -0.15) is 12.6 Å². The van der Waals surface area contributed by atoms with E-state index >= 15 is 0 Å². The minimum atomic E-state index is -1.78. The molecule has 1 heterocycles. The molecule has 1 aliphatic heterocycles. The molecule has 18 nitrogen and oxygen atoms in total. The van der Waals surface area contributed by atoms with Crippen LogP contribution in [0.15, 0.2) is 0 Å². The number of carbonyl (C=O) groups excluding carboxylic acids is 6. The highest BCUT2D eigenvalue weighted by molar-refractivity contribution is 7.80. The highest BCUT2D eigenvalue weighted by Crippen LogP contribution is 2.21. The Labute approximate surface area is 282 Å². The summed E-state index contributed by atoms with van der Waals surface area (Å²) in [6.07, 6.45) is -0.772. The maximum absolute atomic E-state index is 13.7. The second-order valence-corrected chi connectivity index (χ2v) is 12.2. The average molecular weight is 703 g/mol. The van der Waals surface area contributed by atoms with Crippen LogP contribution in [0.2, 0.25) is 0 Å². The standard InChI is InChI=1S/C29H46N6O12S/c1-6-14(4)23(34-25(42)17(11-21(39)40)31-24(41)16(10-20(37)38)30-15(5)36)27(44)33-22(13(2)3)28(45)35-9-7-8-19(35)26(43)32-18(12-48)29(46)47/h13-14,16-19,22-23,48H,6-12H2,1-5H3,(H,30,36)(H,31,41)(H,32,43)(H,33,44)(H,34,42)(H,37,38)(H,39,40)(H,46,47)/t14-,16-,17+,18-,19+,22-,23-/m0/s1. The molecule has 0 radical (unpaired) electrons. The van der Waals surface area contributed by atoms with Crippen molar-refractivity contribution < 1.29 is 58.5 Å². The Balaban J connectivity index is 3.23. The van der Waals surface area contributed by atoms with E-state index in [0.717, 1.165) is 6.92 Å². The zero-order chi connectivity index (χ0) is 36.9. The van der Waals surface area contributed by atoms with E-state index in [0.29, 0.717) is 12.8 Å². The molecule has 7 atom stereocenters. The van der Waals surface area contributed by atoms with Gasteiger partial charge in [-0.15, -0.1) is 0 Å². The molecule has 0 aromatic rings. The molecule has 270 valence electrons.